The lowest BCUT2D eigenvalue weighted by Gasteiger charge is -2.14. The first-order valence-electron chi connectivity index (χ1n) is 6.29. The first-order chi connectivity index (χ1) is 9.58. The second kappa shape index (κ2) is 4.86. The zero-order valence-electron chi connectivity index (χ0n) is 10.6. The smallest absolute Gasteiger partial charge is 0.220 e. The number of aromatic nitrogens is 2. The molecule has 0 bridgehead atoms. The average molecular weight is 277 g/mol. The van der Waals surface area contributed by atoms with Crippen molar-refractivity contribution in [2.24, 2.45) is 0 Å². The van der Waals surface area contributed by atoms with Crippen molar-refractivity contribution in [2.75, 3.05) is 12.3 Å². The third kappa shape index (κ3) is 2.15. The molecule has 7 heteroatoms. The highest BCUT2D eigenvalue weighted by molar-refractivity contribution is 5.83. The summed E-state index contributed by atoms with van der Waals surface area (Å²) in [5.41, 5.74) is 6.74. The molecule has 1 aromatic carbocycles. The van der Waals surface area contributed by atoms with Crippen molar-refractivity contribution in [3.8, 4) is 5.75 Å². The Bertz CT molecular complexity index is 644. The highest BCUT2D eigenvalue weighted by Crippen LogP contribution is 2.36. The maximum Gasteiger partial charge on any atom is 0.220 e. The topological polar surface area (TPSA) is 122 Å². The third-order valence-corrected chi connectivity index (χ3v) is 3.44. The Morgan fingerprint density at radius 2 is 2.15 bits per heavy atom. The van der Waals surface area contributed by atoms with Crippen LogP contribution >= 0.6 is 0 Å². The van der Waals surface area contributed by atoms with Gasteiger partial charge in [-0.3, -0.25) is 0 Å². The van der Waals surface area contributed by atoms with Crippen LogP contribution in [0.1, 0.15) is 18.2 Å². The molecule has 1 saturated heterocycles. The SMILES string of the molecule is Nc1nc([C@H]2C[C@H](O)[C@@H](CO)O2)c2ccc(O)cc2n1. The monoisotopic (exact) mass is 277 g/mol. The van der Waals surface area contributed by atoms with E-state index in [9.17, 15) is 10.2 Å². The van der Waals surface area contributed by atoms with Crippen molar-refractivity contribution in [2.45, 2.75) is 24.7 Å². The Labute approximate surface area is 114 Å². The van der Waals surface area contributed by atoms with E-state index in [2.05, 4.69) is 9.97 Å². The number of nitrogens with two attached hydrogens (primary N) is 1. The summed E-state index contributed by atoms with van der Waals surface area (Å²) in [5.74, 6) is 0.158. The van der Waals surface area contributed by atoms with Crippen LogP contribution in [0.15, 0.2) is 18.2 Å². The minimum atomic E-state index is -0.742. The Balaban J connectivity index is 2.07. The summed E-state index contributed by atoms with van der Waals surface area (Å²) in [7, 11) is 0. The molecule has 0 amide bonds. The summed E-state index contributed by atoms with van der Waals surface area (Å²) in [4.78, 5) is 8.25. The fraction of sp³-hybridized carbons (Fsp3) is 0.385. The molecular weight excluding hydrogens is 262 g/mol. The molecule has 2 aromatic rings. The van der Waals surface area contributed by atoms with Crippen LogP contribution in [0.25, 0.3) is 10.9 Å². The van der Waals surface area contributed by atoms with E-state index in [1.807, 2.05) is 0 Å². The number of rotatable bonds is 2. The lowest BCUT2D eigenvalue weighted by Crippen LogP contribution is -2.24. The van der Waals surface area contributed by atoms with E-state index in [-0.39, 0.29) is 18.3 Å². The van der Waals surface area contributed by atoms with E-state index in [1.165, 1.54) is 12.1 Å². The minimum Gasteiger partial charge on any atom is -0.508 e. The standard InChI is InChI=1S/C13H15N3O4/c14-13-15-8-3-6(18)1-2-7(8)12(16-13)10-4-9(19)11(5-17)20-10/h1-3,9-11,17-19H,4-5H2,(H2,14,15,16)/t9-,10+,11+/m0/s1. The van der Waals surface area contributed by atoms with Gasteiger partial charge in [-0.25, -0.2) is 9.97 Å². The number of hydrogen-bond acceptors (Lipinski definition) is 7. The molecule has 0 spiro atoms. The molecule has 7 nitrogen and oxygen atoms in total. The molecule has 2 heterocycles. The fourth-order valence-electron chi connectivity index (χ4n) is 2.48. The van der Waals surface area contributed by atoms with Crippen molar-refractivity contribution < 1.29 is 20.1 Å². The first-order valence-corrected chi connectivity index (χ1v) is 6.29. The van der Waals surface area contributed by atoms with Crippen LogP contribution < -0.4 is 5.73 Å². The van der Waals surface area contributed by atoms with Gasteiger partial charge in [0.15, 0.2) is 0 Å². The van der Waals surface area contributed by atoms with Crippen molar-refractivity contribution in [1.82, 2.24) is 9.97 Å². The van der Waals surface area contributed by atoms with E-state index >= 15 is 0 Å². The van der Waals surface area contributed by atoms with Crippen LogP contribution in [0.4, 0.5) is 5.95 Å². The van der Waals surface area contributed by atoms with Gasteiger partial charge in [0.1, 0.15) is 18.0 Å². The van der Waals surface area contributed by atoms with E-state index in [0.717, 1.165) is 0 Å². The maximum absolute atomic E-state index is 9.81. The number of phenolic OH excluding ortho intramolecular Hbond substituents is 1. The van der Waals surface area contributed by atoms with Gasteiger partial charge in [-0.15, -0.1) is 0 Å². The van der Waals surface area contributed by atoms with Crippen molar-refractivity contribution in [1.29, 1.82) is 0 Å². The summed E-state index contributed by atoms with van der Waals surface area (Å²) in [6.07, 6.45) is -1.49. The molecule has 1 aliphatic rings. The Morgan fingerprint density at radius 1 is 1.35 bits per heavy atom. The summed E-state index contributed by atoms with van der Waals surface area (Å²) < 4.78 is 5.59. The number of aromatic hydroxyl groups is 1. The number of phenols is 1. The van der Waals surface area contributed by atoms with E-state index in [0.29, 0.717) is 23.0 Å². The molecule has 1 aromatic heterocycles. The molecule has 0 unspecified atom stereocenters. The number of hydrogen-bond donors (Lipinski definition) is 4. The number of fused-ring (bicyclic) bond motifs is 1. The van der Waals surface area contributed by atoms with Gasteiger partial charge < -0.3 is 25.8 Å². The summed E-state index contributed by atoms with van der Waals surface area (Å²) in [6.45, 7) is -0.253. The number of nitrogens with zero attached hydrogens (tertiary/aromatic N) is 2. The summed E-state index contributed by atoms with van der Waals surface area (Å²) >= 11 is 0. The molecule has 20 heavy (non-hydrogen) atoms. The first kappa shape index (κ1) is 13.0. The molecule has 1 fully saturated rings. The molecule has 0 saturated carbocycles. The van der Waals surface area contributed by atoms with Crippen LogP contribution in [-0.4, -0.2) is 44.1 Å². The Morgan fingerprint density at radius 3 is 2.85 bits per heavy atom. The molecular formula is C13H15N3O4. The number of aliphatic hydroxyl groups excluding tert-OH is 2. The number of nitrogen functional groups attached to an aromatic ring is 1. The van der Waals surface area contributed by atoms with Gasteiger partial charge in [0.05, 0.1) is 23.9 Å². The van der Waals surface area contributed by atoms with Gasteiger partial charge >= 0.3 is 0 Å². The number of aliphatic hydroxyl groups is 2. The van der Waals surface area contributed by atoms with Crippen LogP contribution in [0.2, 0.25) is 0 Å². The van der Waals surface area contributed by atoms with Crippen LogP contribution in [0.3, 0.4) is 0 Å². The van der Waals surface area contributed by atoms with Crippen LogP contribution in [0, 0.1) is 0 Å². The van der Waals surface area contributed by atoms with Crippen molar-refractivity contribution in [3.05, 3.63) is 23.9 Å². The predicted octanol–water partition coefficient (Wildman–Crippen LogP) is 0.101. The largest absolute Gasteiger partial charge is 0.508 e. The Kier molecular flexibility index (Phi) is 3.17. The number of benzene rings is 1. The molecule has 3 atom stereocenters. The number of anilines is 1. The van der Waals surface area contributed by atoms with Crippen LogP contribution in [0.5, 0.6) is 5.75 Å². The minimum absolute atomic E-state index is 0.0728. The second-order valence-electron chi connectivity index (χ2n) is 4.82. The van der Waals surface area contributed by atoms with Gasteiger partial charge in [-0.05, 0) is 12.1 Å². The highest BCUT2D eigenvalue weighted by atomic mass is 16.5. The second-order valence-corrected chi connectivity index (χ2v) is 4.82. The quantitative estimate of drug-likeness (QED) is 0.614. The van der Waals surface area contributed by atoms with Crippen molar-refractivity contribution >= 4 is 16.9 Å². The average Bonchev–Trinajstić information content (AvgIpc) is 2.78. The fourth-order valence-corrected chi connectivity index (χ4v) is 2.48. The molecule has 106 valence electrons. The summed E-state index contributed by atoms with van der Waals surface area (Å²) in [5, 5.41) is 29.1. The van der Waals surface area contributed by atoms with Gasteiger partial charge in [0, 0.05) is 17.9 Å². The molecule has 5 N–H and O–H groups in total. The normalized spacial score (nSPS) is 26.2. The molecule has 1 aliphatic heterocycles. The number of ether oxygens (including phenoxy) is 1. The van der Waals surface area contributed by atoms with E-state index in [4.69, 9.17) is 15.6 Å². The lowest BCUT2D eigenvalue weighted by atomic mass is 10.1. The molecule has 3 rings (SSSR count). The van der Waals surface area contributed by atoms with Gasteiger partial charge in [0.2, 0.25) is 5.95 Å². The van der Waals surface area contributed by atoms with Gasteiger partial charge in [-0.1, -0.05) is 0 Å². The zero-order chi connectivity index (χ0) is 14.3. The van der Waals surface area contributed by atoms with Crippen LogP contribution in [-0.2, 0) is 4.74 Å². The maximum atomic E-state index is 9.81. The third-order valence-electron chi connectivity index (χ3n) is 3.44. The summed E-state index contributed by atoms with van der Waals surface area (Å²) in [6, 6.07) is 4.70. The zero-order valence-corrected chi connectivity index (χ0v) is 10.6. The van der Waals surface area contributed by atoms with E-state index < -0.39 is 18.3 Å². The van der Waals surface area contributed by atoms with Crippen molar-refractivity contribution in [3.63, 3.8) is 0 Å². The van der Waals surface area contributed by atoms with Gasteiger partial charge in [0.25, 0.3) is 0 Å². The Hall–Kier alpha value is -1.96. The molecule has 0 radical (unpaired) electrons. The van der Waals surface area contributed by atoms with E-state index in [1.54, 1.807) is 6.07 Å². The highest BCUT2D eigenvalue weighted by Gasteiger charge is 2.36. The molecule has 0 aliphatic carbocycles. The predicted molar refractivity (Wildman–Crippen MR) is 70.9 cm³/mol. The lowest BCUT2D eigenvalue weighted by molar-refractivity contribution is -0.0231. The van der Waals surface area contributed by atoms with Gasteiger partial charge in [-0.2, -0.15) is 0 Å².